The molecule has 5 nitrogen and oxygen atoms in total. The minimum Gasteiger partial charge on any atom is -0.480 e. The van der Waals surface area contributed by atoms with Crippen LogP contribution in [-0.2, 0) is 4.79 Å². The molecule has 5 heteroatoms. The van der Waals surface area contributed by atoms with E-state index >= 15 is 0 Å². The highest BCUT2D eigenvalue weighted by atomic mass is 16.4. The number of carboxylic acid groups (broad SMARTS) is 1. The van der Waals surface area contributed by atoms with E-state index in [-0.39, 0.29) is 18.6 Å². The molecule has 2 N–H and O–H groups in total. The van der Waals surface area contributed by atoms with Crippen LogP contribution in [0.5, 0.6) is 0 Å². The summed E-state index contributed by atoms with van der Waals surface area (Å²) in [5.74, 6) is -1.01. The first-order valence-corrected chi connectivity index (χ1v) is 4.37. The van der Waals surface area contributed by atoms with Crippen LogP contribution in [0.25, 0.3) is 0 Å². The van der Waals surface area contributed by atoms with E-state index in [1.807, 2.05) is 6.92 Å². The summed E-state index contributed by atoms with van der Waals surface area (Å²) in [6, 6.07) is -0.0406. The maximum atomic E-state index is 11.3. The number of aliphatic carboxylic acids is 1. The van der Waals surface area contributed by atoms with Crippen molar-refractivity contribution < 1.29 is 14.7 Å². The van der Waals surface area contributed by atoms with Crippen LogP contribution >= 0.6 is 0 Å². The first kappa shape index (κ1) is 9.83. The Morgan fingerprint density at radius 3 is 2.77 bits per heavy atom. The summed E-state index contributed by atoms with van der Waals surface area (Å²) in [6.07, 6.45) is 2.00. The molecule has 0 bridgehead atoms. The zero-order valence-electron chi connectivity index (χ0n) is 7.62. The number of carbonyl (C=O) groups excluding carboxylic acids is 1. The predicted octanol–water partition coefficient (Wildman–Crippen LogP) is 0.265. The van der Waals surface area contributed by atoms with Gasteiger partial charge in [-0.2, -0.15) is 0 Å². The Balaban J connectivity index is 2.34. The number of nitrogens with one attached hydrogen (secondary N) is 1. The van der Waals surface area contributed by atoms with Gasteiger partial charge in [0.15, 0.2) is 0 Å². The van der Waals surface area contributed by atoms with Crippen LogP contribution in [-0.4, -0.2) is 41.1 Å². The highest BCUT2D eigenvalue weighted by Gasteiger charge is 2.24. The second-order valence-electron chi connectivity index (χ2n) is 3.24. The number of hydrogen-bond donors (Lipinski definition) is 2. The molecule has 1 heterocycles. The smallest absolute Gasteiger partial charge is 0.323 e. The highest BCUT2D eigenvalue weighted by molar-refractivity contribution is 5.80. The number of nitrogens with zero attached hydrogens (tertiary/aromatic N) is 1. The van der Waals surface area contributed by atoms with Crippen LogP contribution in [0, 0.1) is 0 Å². The molecule has 1 unspecified atom stereocenters. The molecule has 1 aliphatic heterocycles. The molecule has 0 aromatic carbocycles. The fourth-order valence-electron chi connectivity index (χ4n) is 1.49. The van der Waals surface area contributed by atoms with Gasteiger partial charge in [-0.3, -0.25) is 4.79 Å². The van der Waals surface area contributed by atoms with E-state index in [0.717, 1.165) is 19.4 Å². The molecule has 0 aromatic rings. The highest BCUT2D eigenvalue weighted by Crippen LogP contribution is 2.15. The molecule has 1 rings (SSSR count). The van der Waals surface area contributed by atoms with Crippen molar-refractivity contribution in [3.05, 3.63) is 0 Å². The van der Waals surface area contributed by atoms with Crippen molar-refractivity contribution in [1.82, 2.24) is 10.2 Å². The van der Waals surface area contributed by atoms with Crippen molar-refractivity contribution in [2.24, 2.45) is 0 Å². The average Bonchev–Trinajstić information content (AvgIpc) is 2.47. The Hall–Kier alpha value is -1.26. The third kappa shape index (κ3) is 2.61. The third-order valence-electron chi connectivity index (χ3n) is 2.20. The van der Waals surface area contributed by atoms with Crippen molar-refractivity contribution in [2.75, 3.05) is 13.1 Å². The van der Waals surface area contributed by atoms with Gasteiger partial charge in [-0.15, -0.1) is 0 Å². The molecular formula is C8H14N2O3. The van der Waals surface area contributed by atoms with Gasteiger partial charge in [0.2, 0.25) is 0 Å². The molecule has 1 saturated heterocycles. The van der Waals surface area contributed by atoms with Crippen LogP contribution in [0.4, 0.5) is 4.79 Å². The molecule has 2 amide bonds. The van der Waals surface area contributed by atoms with Gasteiger partial charge in [0.25, 0.3) is 0 Å². The minimum absolute atomic E-state index is 0.230. The fourth-order valence-corrected chi connectivity index (χ4v) is 1.49. The van der Waals surface area contributed by atoms with Gasteiger partial charge < -0.3 is 15.3 Å². The summed E-state index contributed by atoms with van der Waals surface area (Å²) >= 11 is 0. The number of carbonyl (C=O) groups is 2. The summed E-state index contributed by atoms with van der Waals surface area (Å²) in [5, 5.41) is 10.7. The fraction of sp³-hybridized carbons (Fsp3) is 0.750. The van der Waals surface area contributed by atoms with Gasteiger partial charge in [-0.1, -0.05) is 0 Å². The van der Waals surface area contributed by atoms with E-state index in [4.69, 9.17) is 5.11 Å². The molecule has 0 aliphatic carbocycles. The summed E-state index contributed by atoms with van der Waals surface area (Å²) in [7, 11) is 0. The lowest BCUT2D eigenvalue weighted by molar-refractivity contribution is -0.135. The van der Waals surface area contributed by atoms with Crippen LogP contribution in [0.2, 0.25) is 0 Å². The predicted molar refractivity (Wildman–Crippen MR) is 46.4 cm³/mol. The molecule has 1 fully saturated rings. The number of hydrogen-bond acceptors (Lipinski definition) is 2. The largest absolute Gasteiger partial charge is 0.480 e. The Morgan fingerprint density at radius 1 is 1.62 bits per heavy atom. The number of rotatable bonds is 2. The van der Waals surface area contributed by atoms with Crippen LogP contribution in [0.15, 0.2) is 0 Å². The Labute approximate surface area is 76.7 Å². The summed E-state index contributed by atoms with van der Waals surface area (Å²) in [6.45, 7) is 2.39. The second kappa shape index (κ2) is 4.11. The molecule has 1 atom stereocenters. The maximum Gasteiger partial charge on any atom is 0.323 e. The van der Waals surface area contributed by atoms with E-state index in [9.17, 15) is 9.59 Å². The number of likely N-dealkylation sites (tertiary alicyclic amines) is 1. The van der Waals surface area contributed by atoms with Crippen molar-refractivity contribution >= 4 is 12.0 Å². The Morgan fingerprint density at radius 2 is 2.31 bits per heavy atom. The van der Waals surface area contributed by atoms with E-state index in [1.165, 1.54) is 0 Å². The third-order valence-corrected chi connectivity index (χ3v) is 2.20. The van der Waals surface area contributed by atoms with Crippen molar-refractivity contribution in [1.29, 1.82) is 0 Å². The van der Waals surface area contributed by atoms with Crippen molar-refractivity contribution in [3.8, 4) is 0 Å². The molecule has 0 radical (unpaired) electrons. The van der Waals surface area contributed by atoms with E-state index in [1.54, 1.807) is 4.90 Å². The number of urea groups is 1. The molecule has 0 saturated carbocycles. The van der Waals surface area contributed by atoms with Gasteiger partial charge >= 0.3 is 12.0 Å². The molecule has 1 aliphatic rings. The Kier molecular flexibility index (Phi) is 3.11. The average molecular weight is 186 g/mol. The molecule has 0 spiro atoms. The molecular weight excluding hydrogens is 172 g/mol. The minimum atomic E-state index is -1.01. The standard InChI is InChI=1S/C8H14N2O3/c1-6-3-2-4-10(6)8(13)9-5-7(11)12/h6H,2-5H2,1H3,(H,9,13)(H,11,12). The zero-order valence-corrected chi connectivity index (χ0v) is 7.62. The van der Waals surface area contributed by atoms with Crippen LogP contribution in [0.1, 0.15) is 19.8 Å². The lowest BCUT2D eigenvalue weighted by Crippen LogP contribution is -2.43. The van der Waals surface area contributed by atoms with Crippen molar-refractivity contribution in [2.45, 2.75) is 25.8 Å². The van der Waals surface area contributed by atoms with Gasteiger partial charge in [-0.25, -0.2) is 4.79 Å². The lowest BCUT2D eigenvalue weighted by Gasteiger charge is -2.21. The maximum absolute atomic E-state index is 11.3. The summed E-state index contributed by atoms with van der Waals surface area (Å²) in [4.78, 5) is 23.1. The second-order valence-corrected chi connectivity index (χ2v) is 3.24. The lowest BCUT2D eigenvalue weighted by atomic mass is 10.2. The summed E-state index contributed by atoms with van der Waals surface area (Å²) < 4.78 is 0. The molecule has 13 heavy (non-hydrogen) atoms. The first-order valence-electron chi connectivity index (χ1n) is 4.37. The summed E-state index contributed by atoms with van der Waals surface area (Å²) in [5.41, 5.74) is 0. The topological polar surface area (TPSA) is 69.6 Å². The SMILES string of the molecule is CC1CCCN1C(=O)NCC(=O)O. The zero-order chi connectivity index (χ0) is 9.84. The van der Waals surface area contributed by atoms with Gasteiger partial charge in [0.05, 0.1) is 0 Å². The molecule has 74 valence electrons. The quantitative estimate of drug-likeness (QED) is 0.650. The first-order chi connectivity index (χ1) is 6.11. The van der Waals surface area contributed by atoms with Crippen LogP contribution < -0.4 is 5.32 Å². The van der Waals surface area contributed by atoms with E-state index < -0.39 is 5.97 Å². The van der Waals surface area contributed by atoms with E-state index in [0.29, 0.717) is 0 Å². The molecule has 0 aromatic heterocycles. The monoisotopic (exact) mass is 186 g/mol. The normalized spacial score (nSPS) is 21.6. The van der Waals surface area contributed by atoms with Crippen molar-refractivity contribution in [3.63, 3.8) is 0 Å². The van der Waals surface area contributed by atoms with Gasteiger partial charge in [0, 0.05) is 12.6 Å². The van der Waals surface area contributed by atoms with E-state index in [2.05, 4.69) is 5.32 Å². The van der Waals surface area contributed by atoms with Gasteiger partial charge in [-0.05, 0) is 19.8 Å². The van der Waals surface area contributed by atoms with Gasteiger partial charge in [0.1, 0.15) is 6.54 Å². The number of carboxylic acids is 1. The number of amides is 2. The van der Waals surface area contributed by atoms with Crippen LogP contribution in [0.3, 0.4) is 0 Å². The Bertz CT molecular complexity index is 217.